The number of carbonyl (C=O) groups is 1. The lowest BCUT2D eigenvalue weighted by atomic mass is 9.57. The van der Waals surface area contributed by atoms with Crippen LogP contribution in [0.25, 0.3) is 0 Å². The molecule has 9 nitrogen and oxygen atoms in total. The number of nitrogens with zero attached hydrogens (tertiary/aromatic N) is 6. The fraction of sp³-hybridized carbons (Fsp3) is 0.545. The van der Waals surface area contributed by atoms with E-state index in [1.807, 2.05) is 35.9 Å². The lowest BCUT2D eigenvalue weighted by molar-refractivity contribution is 0.102. The van der Waals surface area contributed by atoms with Crippen molar-refractivity contribution in [2.45, 2.75) is 70.8 Å². The van der Waals surface area contributed by atoms with Crippen molar-refractivity contribution in [3.63, 3.8) is 0 Å². The summed E-state index contributed by atoms with van der Waals surface area (Å²) in [6.07, 6.45) is 5.13. The van der Waals surface area contributed by atoms with Gasteiger partial charge in [0.2, 0.25) is 0 Å². The number of hydrogen-bond acceptors (Lipinski definition) is 7. The summed E-state index contributed by atoms with van der Waals surface area (Å²) >= 11 is 0. The third-order valence-electron chi connectivity index (χ3n) is 9.31. The number of aromatic nitrogens is 4. The minimum atomic E-state index is -0.337. The number of likely N-dealkylation sites (tertiary alicyclic amines) is 1. The number of rotatable bonds is 7. The number of fused-ring (bicyclic) bond motifs is 1. The highest BCUT2D eigenvalue weighted by molar-refractivity contribution is 6.03. The summed E-state index contributed by atoms with van der Waals surface area (Å²) in [5, 5.41) is 21.0. The Bertz CT molecular complexity index is 1520. The van der Waals surface area contributed by atoms with Crippen molar-refractivity contribution < 1.29 is 9.53 Å². The fourth-order valence-corrected chi connectivity index (χ4v) is 7.48. The number of nitriles is 1. The molecule has 0 radical (unpaired) electrons. The van der Waals surface area contributed by atoms with Crippen LogP contribution >= 0.6 is 0 Å². The number of piperidine rings is 1. The third kappa shape index (κ3) is 5.17. The zero-order valence-corrected chi connectivity index (χ0v) is 25.4. The van der Waals surface area contributed by atoms with Crippen molar-refractivity contribution in [1.29, 1.82) is 5.26 Å². The van der Waals surface area contributed by atoms with Crippen molar-refractivity contribution in [3.8, 4) is 11.8 Å². The van der Waals surface area contributed by atoms with Crippen LogP contribution in [0.3, 0.4) is 0 Å². The second-order valence-electron chi connectivity index (χ2n) is 13.7. The van der Waals surface area contributed by atoms with Gasteiger partial charge in [0.1, 0.15) is 23.6 Å². The van der Waals surface area contributed by atoms with Gasteiger partial charge in [0.05, 0.1) is 23.8 Å². The first-order chi connectivity index (χ1) is 20.1. The monoisotopic (exact) mass is 567 g/mol. The third-order valence-corrected chi connectivity index (χ3v) is 9.31. The van der Waals surface area contributed by atoms with Crippen LogP contribution < -0.4 is 10.1 Å². The van der Waals surface area contributed by atoms with Gasteiger partial charge in [0, 0.05) is 49.8 Å². The summed E-state index contributed by atoms with van der Waals surface area (Å²) in [7, 11) is 1.95. The Morgan fingerprint density at radius 3 is 2.64 bits per heavy atom. The van der Waals surface area contributed by atoms with Gasteiger partial charge in [-0.25, -0.2) is 4.98 Å². The zero-order chi connectivity index (χ0) is 29.6. The second kappa shape index (κ2) is 10.8. The van der Waals surface area contributed by atoms with E-state index in [-0.39, 0.29) is 16.7 Å². The molecular formula is C33H41N7O2. The zero-order valence-electron chi connectivity index (χ0n) is 25.4. The standard InChI is InChI=1S/C33H41N7O2/c1-21-11-22(2)17-40(16-21)18-24-12-27(37-29-28(24)42-19-32(29,3)4)30(41)36-26-8-6-7-25(13-26)33(14-23(15-33)9-10-34)31-38-35-20-39(31)5/h6-8,12-13,20-23H,9,11,14-19H2,1-5H3,(H,36,41)/t21-,22+,23?,33?. The molecule has 2 atom stereocenters. The van der Waals surface area contributed by atoms with E-state index in [0.29, 0.717) is 42.2 Å². The molecule has 1 saturated carbocycles. The number of nitrogens with one attached hydrogen (secondary N) is 1. The normalized spacial score (nSPS) is 26.5. The van der Waals surface area contributed by atoms with Gasteiger partial charge in [0.25, 0.3) is 5.91 Å². The van der Waals surface area contributed by atoms with Crippen LogP contribution in [0.15, 0.2) is 36.7 Å². The highest BCUT2D eigenvalue weighted by Crippen LogP contribution is 2.53. The van der Waals surface area contributed by atoms with E-state index < -0.39 is 0 Å². The second-order valence-corrected chi connectivity index (χ2v) is 13.7. The topological polar surface area (TPSA) is 109 Å². The van der Waals surface area contributed by atoms with Crippen molar-refractivity contribution in [2.75, 3.05) is 25.0 Å². The molecule has 220 valence electrons. The average molecular weight is 568 g/mol. The fourth-order valence-electron chi connectivity index (χ4n) is 7.48. The number of aryl methyl sites for hydroxylation is 1. The number of pyridine rings is 1. The molecule has 6 rings (SSSR count). The molecule has 9 heteroatoms. The molecule has 2 aromatic heterocycles. The van der Waals surface area contributed by atoms with Gasteiger partial charge in [0.15, 0.2) is 0 Å². The minimum absolute atomic E-state index is 0.233. The van der Waals surface area contributed by atoms with Gasteiger partial charge in [-0.2, -0.15) is 5.26 Å². The van der Waals surface area contributed by atoms with Crippen LogP contribution in [-0.4, -0.2) is 50.3 Å². The summed E-state index contributed by atoms with van der Waals surface area (Å²) in [6, 6.07) is 12.2. The predicted octanol–water partition coefficient (Wildman–Crippen LogP) is 5.22. The van der Waals surface area contributed by atoms with Crippen LogP contribution in [0.2, 0.25) is 0 Å². The molecule has 2 aliphatic heterocycles. The maximum absolute atomic E-state index is 13.7. The lowest BCUT2D eigenvalue weighted by Gasteiger charge is -2.46. The Morgan fingerprint density at radius 2 is 1.95 bits per heavy atom. The molecular weight excluding hydrogens is 526 g/mol. The Hall–Kier alpha value is -3.77. The molecule has 2 fully saturated rings. The average Bonchev–Trinajstić information content (AvgIpc) is 3.48. The molecule has 1 N–H and O–H groups in total. The number of amides is 1. The van der Waals surface area contributed by atoms with E-state index in [2.05, 4.69) is 60.2 Å². The SMILES string of the molecule is C[C@@H]1C[C@H](C)CN(Cc2cc(C(=O)Nc3cccc(C4(c5nncn5C)CC(CC#N)C4)c3)nc3c2OCC3(C)C)C1. The first-order valence-corrected chi connectivity index (χ1v) is 15.1. The molecule has 1 aliphatic carbocycles. The summed E-state index contributed by atoms with van der Waals surface area (Å²) in [5.74, 6) is 3.09. The Balaban J connectivity index is 1.28. The summed E-state index contributed by atoms with van der Waals surface area (Å²) in [4.78, 5) is 21.1. The van der Waals surface area contributed by atoms with E-state index in [1.165, 1.54) is 6.42 Å². The molecule has 0 spiro atoms. The molecule has 42 heavy (non-hydrogen) atoms. The molecule has 1 saturated heterocycles. The number of carbonyl (C=O) groups excluding carboxylic acids is 1. The molecule has 3 aliphatic rings. The number of ether oxygens (including phenoxy) is 1. The van der Waals surface area contributed by atoms with Crippen LogP contribution in [-0.2, 0) is 24.4 Å². The van der Waals surface area contributed by atoms with Crippen LogP contribution in [0.4, 0.5) is 5.69 Å². The van der Waals surface area contributed by atoms with E-state index in [4.69, 9.17) is 9.72 Å². The Labute approximate surface area is 248 Å². The predicted molar refractivity (Wildman–Crippen MR) is 160 cm³/mol. The van der Waals surface area contributed by atoms with Gasteiger partial charge in [-0.3, -0.25) is 9.69 Å². The van der Waals surface area contributed by atoms with Crippen molar-refractivity contribution in [3.05, 3.63) is 65.0 Å². The molecule has 1 aromatic carbocycles. The quantitative estimate of drug-likeness (QED) is 0.417. The van der Waals surface area contributed by atoms with E-state index in [9.17, 15) is 10.1 Å². The first-order valence-electron chi connectivity index (χ1n) is 15.1. The summed E-state index contributed by atoms with van der Waals surface area (Å²) in [6.45, 7) is 12.3. The maximum Gasteiger partial charge on any atom is 0.274 e. The first kappa shape index (κ1) is 28.4. The Morgan fingerprint density at radius 1 is 1.19 bits per heavy atom. The van der Waals surface area contributed by atoms with Gasteiger partial charge in [-0.05, 0) is 60.8 Å². The molecule has 4 heterocycles. The van der Waals surface area contributed by atoms with E-state index in [0.717, 1.165) is 60.9 Å². The van der Waals surface area contributed by atoms with Gasteiger partial charge < -0.3 is 14.6 Å². The molecule has 0 bridgehead atoms. The van der Waals surface area contributed by atoms with Gasteiger partial charge in [-0.15, -0.1) is 10.2 Å². The van der Waals surface area contributed by atoms with Crippen LogP contribution in [0.5, 0.6) is 5.75 Å². The van der Waals surface area contributed by atoms with Crippen LogP contribution in [0, 0.1) is 29.1 Å². The number of hydrogen-bond donors (Lipinski definition) is 1. The number of anilines is 1. The van der Waals surface area contributed by atoms with E-state index >= 15 is 0 Å². The Kier molecular flexibility index (Phi) is 7.30. The van der Waals surface area contributed by atoms with Crippen LogP contribution in [0.1, 0.15) is 86.5 Å². The lowest BCUT2D eigenvalue weighted by Crippen LogP contribution is -2.44. The number of benzene rings is 1. The molecule has 3 aromatic rings. The molecule has 1 amide bonds. The minimum Gasteiger partial charge on any atom is -0.490 e. The van der Waals surface area contributed by atoms with Crippen molar-refractivity contribution in [2.24, 2.45) is 24.8 Å². The van der Waals surface area contributed by atoms with Crippen molar-refractivity contribution in [1.82, 2.24) is 24.6 Å². The summed E-state index contributed by atoms with van der Waals surface area (Å²) < 4.78 is 8.14. The smallest absolute Gasteiger partial charge is 0.274 e. The van der Waals surface area contributed by atoms with Crippen molar-refractivity contribution >= 4 is 11.6 Å². The van der Waals surface area contributed by atoms with Gasteiger partial charge >= 0.3 is 0 Å². The maximum atomic E-state index is 13.7. The van der Waals surface area contributed by atoms with Gasteiger partial charge in [-0.1, -0.05) is 39.8 Å². The van der Waals surface area contributed by atoms with E-state index in [1.54, 1.807) is 6.33 Å². The largest absolute Gasteiger partial charge is 0.490 e. The highest BCUT2D eigenvalue weighted by atomic mass is 16.5. The molecule has 0 unspecified atom stereocenters. The highest BCUT2D eigenvalue weighted by Gasteiger charge is 2.49. The summed E-state index contributed by atoms with van der Waals surface area (Å²) in [5.41, 5.74) is 3.47.